The molecule has 0 atom stereocenters. The van der Waals surface area contributed by atoms with Crippen LogP contribution < -0.4 is 16.0 Å². The highest BCUT2D eigenvalue weighted by Crippen LogP contribution is 2.18. The monoisotopic (exact) mass is 277 g/mol. The smallest absolute Gasteiger partial charge is 0.264 e. The highest BCUT2D eigenvalue weighted by molar-refractivity contribution is 7.71. The second kappa shape index (κ2) is 5.07. The first-order chi connectivity index (χ1) is 9.08. The third kappa shape index (κ3) is 2.27. The molecule has 0 saturated carbocycles. The number of nitrogens with one attached hydrogen (secondary N) is 1. The van der Waals surface area contributed by atoms with Crippen molar-refractivity contribution in [2.75, 3.05) is 12.8 Å². The first kappa shape index (κ1) is 13.0. The van der Waals surface area contributed by atoms with E-state index in [0.717, 1.165) is 0 Å². The van der Waals surface area contributed by atoms with Gasteiger partial charge in [-0.3, -0.25) is 19.1 Å². The van der Waals surface area contributed by atoms with Crippen molar-refractivity contribution in [3.8, 4) is 11.4 Å². The van der Waals surface area contributed by atoms with Gasteiger partial charge in [0.25, 0.3) is 5.56 Å². The largest absolute Gasteiger partial charge is 0.497 e. The molecule has 98 valence electrons. The molecule has 7 heteroatoms. The van der Waals surface area contributed by atoms with Gasteiger partial charge in [-0.05, 0) is 36.5 Å². The number of aromatic amines is 1. The molecule has 0 amide bonds. The molecule has 2 rings (SSSR count). The Morgan fingerprint density at radius 3 is 2.53 bits per heavy atom. The summed E-state index contributed by atoms with van der Waals surface area (Å²) in [6.45, 7) is 0. The number of anilines is 1. The van der Waals surface area contributed by atoms with Crippen molar-refractivity contribution in [2.45, 2.75) is 0 Å². The van der Waals surface area contributed by atoms with E-state index in [1.807, 2.05) is 0 Å². The van der Waals surface area contributed by atoms with E-state index >= 15 is 0 Å². The minimum atomic E-state index is -0.595. The summed E-state index contributed by atoms with van der Waals surface area (Å²) >= 11 is 5.06. The summed E-state index contributed by atoms with van der Waals surface area (Å²) < 4.78 is 6.59. The molecular weight excluding hydrogens is 266 g/mol. The lowest BCUT2D eigenvalue weighted by Gasteiger charge is -2.12. The number of rotatable bonds is 3. The van der Waals surface area contributed by atoms with E-state index in [-0.39, 0.29) is 16.2 Å². The van der Waals surface area contributed by atoms with Crippen molar-refractivity contribution in [3.05, 3.63) is 45.0 Å². The zero-order valence-electron chi connectivity index (χ0n) is 10.0. The second-order valence-electron chi connectivity index (χ2n) is 3.71. The topological polar surface area (TPSA) is 90.1 Å². The van der Waals surface area contributed by atoms with Gasteiger partial charge in [0.15, 0.2) is 11.1 Å². The van der Waals surface area contributed by atoms with Crippen molar-refractivity contribution in [3.63, 3.8) is 0 Å². The van der Waals surface area contributed by atoms with Gasteiger partial charge in [0, 0.05) is 0 Å². The van der Waals surface area contributed by atoms with Crippen molar-refractivity contribution in [2.24, 2.45) is 0 Å². The van der Waals surface area contributed by atoms with Gasteiger partial charge in [-0.15, -0.1) is 0 Å². The predicted molar refractivity (Wildman–Crippen MR) is 73.6 cm³/mol. The summed E-state index contributed by atoms with van der Waals surface area (Å²) in [6.07, 6.45) is 0.406. The van der Waals surface area contributed by atoms with E-state index < -0.39 is 5.56 Å². The van der Waals surface area contributed by atoms with Crippen LogP contribution in [0.15, 0.2) is 29.1 Å². The molecule has 2 aromatic rings. The number of H-pyrrole nitrogens is 1. The number of nitrogens with two attached hydrogens (primary N) is 1. The standard InChI is InChI=1S/C12H11N3O3S/c1-18-8-4-2-7(3-5-8)15-10(13)9(6-16)11(17)14-12(15)19/h2-6H,13H2,1H3,(H,14,17,19). The Morgan fingerprint density at radius 1 is 1.37 bits per heavy atom. The van der Waals surface area contributed by atoms with E-state index in [0.29, 0.717) is 17.7 Å². The zero-order valence-corrected chi connectivity index (χ0v) is 10.9. The van der Waals surface area contributed by atoms with Gasteiger partial charge in [0.05, 0.1) is 12.8 Å². The molecule has 0 bridgehead atoms. The van der Waals surface area contributed by atoms with Gasteiger partial charge in [0.2, 0.25) is 0 Å². The molecule has 1 aromatic heterocycles. The number of carbonyl (C=O) groups excluding carboxylic acids is 1. The van der Waals surface area contributed by atoms with Crippen molar-refractivity contribution >= 4 is 24.3 Å². The minimum Gasteiger partial charge on any atom is -0.497 e. The van der Waals surface area contributed by atoms with Gasteiger partial charge in [0.1, 0.15) is 17.1 Å². The number of aldehydes is 1. The third-order valence-corrected chi connectivity index (χ3v) is 2.92. The number of carbonyl (C=O) groups is 1. The van der Waals surface area contributed by atoms with Crippen LogP contribution in [0.4, 0.5) is 5.82 Å². The number of hydrogen-bond donors (Lipinski definition) is 2. The molecule has 0 spiro atoms. The number of nitrogens with zero attached hydrogens (tertiary/aromatic N) is 1. The fourth-order valence-electron chi connectivity index (χ4n) is 1.67. The number of hydrogen-bond acceptors (Lipinski definition) is 5. The van der Waals surface area contributed by atoms with E-state index in [2.05, 4.69) is 4.98 Å². The Labute approximate surface area is 113 Å². The quantitative estimate of drug-likeness (QED) is 0.652. The molecule has 6 nitrogen and oxygen atoms in total. The molecule has 0 radical (unpaired) electrons. The normalized spacial score (nSPS) is 10.2. The van der Waals surface area contributed by atoms with Gasteiger partial charge >= 0.3 is 0 Å². The highest BCUT2D eigenvalue weighted by Gasteiger charge is 2.11. The maximum Gasteiger partial charge on any atom is 0.264 e. The molecule has 0 aliphatic rings. The zero-order chi connectivity index (χ0) is 14.0. The van der Waals surface area contributed by atoms with Crippen LogP contribution in [0.25, 0.3) is 5.69 Å². The average Bonchev–Trinajstić information content (AvgIpc) is 2.39. The molecule has 0 aliphatic carbocycles. The number of nitrogen functional groups attached to an aromatic ring is 1. The van der Waals surface area contributed by atoms with Crippen molar-refractivity contribution in [1.29, 1.82) is 0 Å². The molecular formula is C12H11N3O3S. The van der Waals surface area contributed by atoms with Gasteiger partial charge < -0.3 is 10.5 Å². The Hall–Kier alpha value is -2.41. The Bertz CT molecular complexity index is 731. The predicted octanol–water partition coefficient (Wildman–Crippen LogP) is 1.30. The Kier molecular flexibility index (Phi) is 3.48. The lowest BCUT2D eigenvalue weighted by Crippen LogP contribution is -2.21. The maximum absolute atomic E-state index is 11.5. The van der Waals surface area contributed by atoms with Crippen LogP contribution in [0.5, 0.6) is 5.75 Å². The molecule has 0 saturated heterocycles. The summed E-state index contributed by atoms with van der Waals surface area (Å²) in [4.78, 5) is 24.8. The molecule has 0 unspecified atom stereocenters. The maximum atomic E-state index is 11.5. The summed E-state index contributed by atoms with van der Waals surface area (Å²) in [7, 11) is 1.56. The van der Waals surface area contributed by atoms with Crippen LogP contribution in [0.2, 0.25) is 0 Å². The number of aromatic nitrogens is 2. The van der Waals surface area contributed by atoms with Crippen molar-refractivity contribution in [1.82, 2.24) is 9.55 Å². The average molecular weight is 277 g/mol. The molecule has 3 N–H and O–H groups in total. The molecule has 19 heavy (non-hydrogen) atoms. The number of benzene rings is 1. The summed E-state index contributed by atoms with van der Waals surface area (Å²) in [5.41, 5.74) is 5.70. The first-order valence-electron chi connectivity index (χ1n) is 5.33. The van der Waals surface area contributed by atoms with Crippen LogP contribution in [-0.2, 0) is 0 Å². The fourth-order valence-corrected chi connectivity index (χ4v) is 1.96. The Morgan fingerprint density at radius 2 is 2.00 bits per heavy atom. The number of ether oxygens (including phenoxy) is 1. The van der Waals surface area contributed by atoms with E-state index in [4.69, 9.17) is 22.7 Å². The van der Waals surface area contributed by atoms with Gasteiger partial charge in [-0.1, -0.05) is 0 Å². The van der Waals surface area contributed by atoms with Gasteiger partial charge in [-0.2, -0.15) is 0 Å². The fraction of sp³-hybridized carbons (Fsp3) is 0.0833. The van der Waals surface area contributed by atoms with E-state index in [9.17, 15) is 9.59 Å². The summed E-state index contributed by atoms with van der Waals surface area (Å²) in [5, 5.41) is 0. The van der Waals surface area contributed by atoms with Crippen LogP contribution in [0, 0.1) is 4.77 Å². The van der Waals surface area contributed by atoms with E-state index in [1.165, 1.54) is 4.57 Å². The summed E-state index contributed by atoms with van der Waals surface area (Å²) in [6, 6.07) is 6.89. The number of methoxy groups -OCH3 is 1. The molecule has 1 aromatic carbocycles. The van der Waals surface area contributed by atoms with Crippen LogP contribution in [-0.4, -0.2) is 22.9 Å². The third-order valence-electron chi connectivity index (χ3n) is 2.63. The lowest BCUT2D eigenvalue weighted by molar-refractivity contribution is 0.112. The molecule has 0 aliphatic heterocycles. The first-order valence-corrected chi connectivity index (χ1v) is 5.73. The lowest BCUT2D eigenvalue weighted by atomic mass is 10.2. The minimum absolute atomic E-state index is 0.00826. The molecule has 1 heterocycles. The summed E-state index contributed by atoms with van der Waals surface area (Å²) in [5.74, 6) is 0.683. The Balaban J connectivity index is 2.71. The molecule has 0 fully saturated rings. The highest BCUT2D eigenvalue weighted by atomic mass is 32.1. The SMILES string of the molecule is COc1ccc(-n2c(N)c(C=O)c(=O)[nH]c2=S)cc1. The van der Waals surface area contributed by atoms with Crippen LogP contribution in [0.3, 0.4) is 0 Å². The van der Waals surface area contributed by atoms with E-state index in [1.54, 1.807) is 31.4 Å². The van der Waals surface area contributed by atoms with Crippen LogP contribution >= 0.6 is 12.2 Å². The second-order valence-corrected chi connectivity index (χ2v) is 4.10. The van der Waals surface area contributed by atoms with Crippen molar-refractivity contribution < 1.29 is 9.53 Å². The van der Waals surface area contributed by atoms with Gasteiger partial charge in [-0.25, -0.2) is 0 Å². The van der Waals surface area contributed by atoms with Crippen LogP contribution in [0.1, 0.15) is 10.4 Å².